The smallest absolute Gasteiger partial charge is 0.332 e. The highest BCUT2D eigenvalue weighted by Gasteiger charge is 2.33. The summed E-state index contributed by atoms with van der Waals surface area (Å²) in [5.41, 5.74) is -0.194. The first-order valence-corrected chi connectivity index (χ1v) is 14.6. The summed E-state index contributed by atoms with van der Waals surface area (Å²) in [4.78, 5) is 53.1. The molecule has 0 radical (unpaired) electrons. The number of fused-ring (bicyclic) bond motifs is 1. The summed E-state index contributed by atoms with van der Waals surface area (Å²) in [5, 5.41) is 7.98. The summed E-state index contributed by atoms with van der Waals surface area (Å²) in [6, 6.07) is 4.89. The van der Waals surface area contributed by atoms with Crippen molar-refractivity contribution in [1.29, 1.82) is 0 Å². The number of amides is 1. The molecular formula is C29H30FN5O6S. The van der Waals surface area contributed by atoms with Crippen molar-refractivity contribution in [3.05, 3.63) is 74.4 Å². The summed E-state index contributed by atoms with van der Waals surface area (Å²) in [5.74, 6) is -0.363. The number of carbonyl (C=O) groups is 2. The van der Waals surface area contributed by atoms with Gasteiger partial charge < -0.3 is 14.8 Å². The van der Waals surface area contributed by atoms with E-state index in [4.69, 9.17) is 9.47 Å². The summed E-state index contributed by atoms with van der Waals surface area (Å²) in [6.07, 6.45) is 4.24. The van der Waals surface area contributed by atoms with Crippen LogP contribution in [0.1, 0.15) is 55.4 Å². The Morgan fingerprint density at radius 2 is 1.95 bits per heavy atom. The van der Waals surface area contributed by atoms with E-state index in [-0.39, 0.29) is 18.4 Å². The zero-order chi connectivity index (χ0) is 29.5. The maximum atomic E-state index is 14.6. The number of nitrogens with one attached hydrogen (secondary N) is 1. The molecule has 220 valence electrons. The standard InChI is InChI=1S/C29H30FN5O6S/c1-16-24-26(38)35(21-10-12-31-25(21)37)29(39)33(28(24)42-27(16)34-13-3-11-32-34)15-23(41-19-7-5-18(36)6-8-19)20-14-17(30)4-9-22(20)40-2/h3-4,9,11,13-14,19,21,23H,5-8,10,12,15H2,1-2H3,(H,31,37)/t21-,23+/m1/s1. The Morgan fingerprint density at radius 1 is 1.17 bits per heavy atom. The van der Waals surface area contributed by atoms with Gasteiger partial charge in [0.25, 0.3) is 5.56 Å². The highest BCUT2D eigenvalue weighted by Crippen LogP contribution is 2.36. The van der Waals surface area contributed by atoms with Crippen molar-refractivity contribution < 1.29 is 23.5 Å². The number of ketones is 1. The monoisotopic (exact) mass is 595 g/mol. The summed E-state index contributed by atoms with van der Waals surface area (Å²) >= 11 is 1.23. The molecular weight excluding hydrogens is 565 g/mol. The normalized spacial score (nSPS) is 18.5. The highest BCUT2D eigenvalue weighted by atomic mass is 32.1. The fraction of sp³-hybridized carbons (Fsp3) is 0.414. The molecule has 1 amide bonds. The number of carbonyl (C=O) groups excluding carboxylic acids is 2. The number of Topliss-reactive ketones (excluding diaryl/α,β-unsaturated/α-hetero) is 1. The van der Waals surface area contributed by atoms with Gasteiger partial charge in [-0.25, -0.2) is 18.4 Å². The third-order valence-corrected chi connectivity index (χ3v) is 9.30. The minimum Gasteiger partial charge on any atom is -0.496 e. The van der Waals surface area contributed by atoms with Gasteiger partial charge in [-0.3, -0.25) is 19.0 Å². The second-order valence-electron chi connectivity index (χ2n) is 10.6. The lowest BCUT2D eigenvalue weighted by Crippen LogP contribution is -2.44. The molecule has 0 unspecified atom stereocenters. The van der Waals surface area contributed by atoms with Crippen molar-refractivity contribution in [2.24, 2.45) is 0 Å². The van der Waals surface area contributed by atoms with Gasteiger partial charge in [0.2, 0.25) is 5.91 Å². The SMILES string of the molecule is COc1ccc(F)cc1[C@H](Cn1c(=O)n([C@@H]2CCNC2=O)c(=O)c2c(C)c(-n3cccn3)sc21)OC1CCC(=O)CC1. The van der Waals surface area contributed by atoms with E-state index < -0.39 is 35.1 Å². The molecule has 0 bridgehead atoms. The van der Waals surface area contributed by atoms with Gasteiger partial charge in [-0.15, -0.1) is 0 Å². The third-order valence-electron chi connectivity index (χ3n) is 8.00. The Balaban J connectivity index is 1.55. The van der Waals surface area contributed by atoms with Crippen LogP contribution in [0.15, 0.2) is 46.2 Å². The zero-order valence-electron chi connectivity index (χ0n) is 23.2. The first kappa shape index (κ1) is 28.0. The fourth-order valence-corrected chi connectivity index (χ4v) is 7.09. The largest absolute Gasteiger partial charge is 0.496 e. The Kier molecular flexibility index (Phi) is 7.54. The number of hydrogen-bond acceptors (Lipinski definition) is 8. The van der Waals surface area contributed by atoms with Crippen molar-refractivity contribution in [3.63, 3.8) is 0 Å². The average Bonchev–Trinajstić information content (AvgIpc) is 3.73. The summed E-state index contributed by atoms with van der Waals surface area (Å²) in [6.45, 7) is 2.04. The van der Waals surface area contributed by atoms with E-state index in [0.29, 0.717) is 70.7 Å². The molecule has 0 spiro atoms. The number of rotatable bonds is 8. The Morgan fingerprint density at radius 3 is 2.62 bits per heavy atom. The van der Waals surface area contributed by atoms with Gasteiger partial charge in [-0.05, 0) is 50.5 Å². The molecule has 2 atom stereocenters. The molecule has 1 aliphatic heterocycles. The van der Waals surface area contributed by atoms with Crippen LogP contribution in [0.5, 0.6) is 5.75 Å². The number of aromatic nitrogens is 4. The second-order valence-corrected chi connectivity index (χ2v) is 11.6. The Labute approximate surface area is 243 Å². The van der Waals surface area contributed by atoms with Crippen molar-refractivity contribution >= 4 is 33.2 Å². The van der Waals surface area contributed by atoms with Gasteiger partial charge in [0, 0.05) is 42.9 Å². The Bertz CT molecular complexity index is 1780. The van der Waals surface area contributed by atoms with Gasteiger partial charge >= 0.3 is 5.69 Å². The van der Waals surface area contributed by atoms with Gasteiger partial charge in [0.05, 0.1) is 25.1 Å². The van der Waals surface area contributed by atoms with Gasteiger partial charge in [-0.1, -0.05) is 11.3 Å². The molecule has 1 saturated heterocycles. The number of thiophene rings is 1. The average molecular weight is 596 g/mol. The van der Waals surface area contributed by atoms with Gasteiger partial charge in [-0.2, -0.15) is 5.10 Å². The molecule has 2 aliphatic rings. The number of nitrogens with zero attached hydrogens (tertiary/aromatic N) is 4. The van der Waals surface area contributed by atoms with Crippen molar-refractivity contribution in [2.75, 3.05) is 13.7 Å². The minimum atomic E-state index is -0.958. The van der Waals surface area contributed by atoms with Crippen LogP contribution in [0, 0.1) is 12.7 Å². The number of hydrogen-bond donors (Lipinski definition) is 1. The van der Waals surface area contributed by atoms with Crippen LogP contribution in [0.2, 0.25) is 0 Å². The highest BCUT2D eigenvalue weighted by molar-refractivity contribution is 7.21. The first-order chi connectivity index (χ1) is 20.3. The number of ether oxygens (including phenoxy) is 2. The van der Waals surface area contributed by atoms with Crippen LogP contribution in [0.25, 0.3) is 15.2 Å². The number of halogens is 1. The van der Waals surface area contributed by atoms with Crippen LogP contribution < -0.4 is 21.3 Å². The molecule has 13 heteroatoms. The quantitative estimate of drug-likeness (QED) is 0.332. The molecule has 4 aromatic rings. The van der Waals surface area contributed by atoms with Gasteiger partial charge in [0.15, 0.2) is 0 Å². The fourth-order valence-electron chi connectivity index (χ4n) is 5.84. The molecule has 1 saturated carbocycles. The predicted molar refractivity (Wildman–Crippen MR) is 153 cm³/mol. The second kappa shape index (κ2) is 11.3. The van der Waals surface area contributed by atoms with E-state index in [1.807, 2.05) is 0 Å². The van der Waals surface area contributed by atoms with E-state index >= 15 is 0 Å². The number of benzene rings is 1. The van der Waals surface area contributed by atoms with Crippen molar-refractivity contribution in [2.45, 2.75) is 63.8 Å². The lowest BCUT2D eigenvalue weighted by Gasteiger charge is -2.29. The maximum absolute atomic E-state index is 14.6. The third kappa shape index (κ3) is 4.96. The topological polar surface area (TPSA) is 126 Å². The van der Waals surface area contributed by atoms with Gasteiger partial charge in [0.1, 0.15) is 39.3 Å². The lowest BCUT2D eigenvalue weighted by molar-refractivity contribution is -0.125. The van der Waals surface area contributed by atoms with Crippen molar-refractivity contribution in [1.82, 2.24) is 24.2 Å². The van der Waals surface area contributed by atoms with Crippen LogP contribution >= 0.6 is 11.3 Å². The van der Waals surface area contributed by atoms with E-state index in [1.165, 1.54) is 41.2 Å². The molecule has 3 aromatic heterocycles. The van der Waals surface area contributed by atoms with Crippen LogP contribution in [-0.4, -0.2) is 50.4 Å². The molecule has 1 aromatic carbocycles. The molecule has 2 fully saturated rings. The molecule has 1 N–H and O–H groups in total. The van der Waals surface area contributed by atoms with E-state index in [9.17, 15) is 23.6 Å². The van der Waals surface area contributed by atoms with E-state index in [0.717, 1.165) is 4.57 Å². The van der Waals surface area contributed by atoms with E-state index in [2.05, 4.69) is 10.4 Å². The molecule has 42 heavy (non-hydrogen) atoms. The minimum absolute atomic E-state index is 0.0906. The maximum Gasteiger partial charge on any atom is 0.332 e. The lowest BCUT2D eigenvalue weighted by atomic mass is 9.96. The summed E-state index contributed by atoms with van der Waals surface area (Å²) < 4.78 is 30.8. The van der Waals surface area contributed by atoms with Crippen molar-refractivity contribution in [3.8, 4) is 10.8 Å². The molecule has 4 heterocycles. The number of methoxy groups -OCH3 is 1. The van der Waals surface area contributed by atoms with Crippen LogP contribution in [0.3, 0.4) is 0 Å². The number of aryl methyl sites for hydroxylation is 1. The Hall–Kier alpha value is -4.10. The predicted octanol–water partition coefficient (Wildman–Crippen LogP) is 3.20. The first-order valence-electron chi connectivity index (χ1n) is 13.8. The van der Waals surface area contributed by atoms with Crippen LogP contribution in [0.4, 0.5) is 4.39 Å². The van der Waals surface area contributed by atoms with E-state index in [1.54, 1.807) is 30.1 Å². The van der Waals surface area contributed by atoms with Crippen LogP contribution in [-0.2, 0) is 20.9 Å². The molecule has 1 aliphatic carbocycles. The molecule has 11 nitrogen and oxygen atoms in total. The summed E-state index contributed by atoms with van der Waals surface area (Å²) in [7, 11) is 1.47. The zero-order valence-corrected chi connectivity index (χ0v) is 24.0. The molecule has 6 rings (SSSR count).